The van der Waals surface area contributed by atoms with Crippen LogP contribution in [0.15, 0.2) is 0 Å². The van der Waals surface area contributed by atoms with Crippen molar-refractivity contribution >= 4 is 5.91 Å². The zero-order chi connectivity index (χ0) is 11.5. The van der Waals surface area contributed by atoms with Crippen LogP contribution in [-0.4, -0.2) is 31.6 Å². The first-order chi connectivity index (χ1) is 7.74. The Bertz CT molecular complexity index is 255. The van der Waals surface area contributed by atoms with Crippen LogP contribution in [0.25, 0.3) is 0 Å². The first-order valence-corrected chi connectivity index (χ1v) is 6.48. The van der Waals surface area contributed by atoms with Crippen molar-refractivity contribution in [2.24, 2.45) is 23.5 Å². The molecule has 0 aromatic heterocycles. The van der Waals surface area contributed by atoms with E-state index in [0.717, 1.165) is 13.1 Å². The molecule has 4 N–H and O–H groups in total. The second-order valence-electron chi connectivity index (χ2n) is 5.08. The second-order valence-corrected chi connectivity index (χ2v) is 5.08. The number of carbonyl (C=O) groups excluding carboxylic acids is 1. The van der Waals surface area contributed by atoms with E-state index in [2.05, 4.69) is 17.6 Å². The summed E-state index contributed by atoms with van der Waals surface area (Å²) in [5, 5.41) is 6.19. The lowest BCUT2D eigenvalue weighted by Gasteiger charge is -2.27. The molecule has 4 atom stereocenters. The van der Waals surface area contributed by atoms with Gasteiger partial charge in [-0.3, -0.25) is 4.79 Å². The van der Waals surface area contributed by atoms with Gasteiger partial charge in [-0.1, -0.05) is 6.92 Å². The average Bonchev–Trinajstić information content (AvgIpc) is 2.84. The minimum Gasteiger partial charge on any atom is -0.355 e. The maximum absolute atomic E-state index is 12.0. The standard InChI is InChI=1S/C12H23N3O/c1-2-14-5-6-15-12(16)10-8-3-4-9(7-8)11(10)13/h8-11,14H,2-7,13H2,1H3,(H,15,16). The van der Waals surface area contributed by atoms with E-state index in [1.54, 1.807) is 0 Å². The van der Waals surface area contributed by atoms with Crippen molar-refractivity contribution in [3.63, 3.8) is 0 Å². The first kappa shape index (κ1) is 11.9. The lowest BCUT2D eigenvalue weighted by atomic mass is 9.84. The number of rotatable bonds is 5. The fraction of sp³-hybridized carbons (Fsp3) is 0.917. The molecule has 2 saturated carbocycles. The third-order valence-corrected chi connectivity index (χ3v) is 4.13. The maximum Gasteiger partial charge on any atom is 0.225 e. The summed E-state index contributed by atoms with van der Waals surface area (Å²) in [6, 6.07) is 0.109. The van der Waals surface area contributed by atoms with Gasteiger partial charge in [0.15, 0.2) is 0 Å². The molecule has 0 heterocycles. The zero-order valence-corrected chi connectivity index (χ0v) is 10.0. The number of hydrogen-bond donors (Lipinski definition) is 3. The highest BCUT2D eigenvalue weighted by molar-refractivity contribution is 5.80. The number of fused-ring (bicyclic) bond motifs is 2. The molecule has 0 spiro atoms. The maximum atomic E-state index is 12.0. The number of nitrogens with two attached hydrogens (primary N) is 1. The fourth-order valence-electron chi connectivity index (χ4n) is 3.29. The summed E-state index contributed by atoms with van der Waals surface area (Å²) in [4.78, 5) is 12.0. The number of nitrogens with one attached hydrogen (secondary N) is 2. The molecule has 0 aliphatic heterocycles. The molecule has 2 aliphatic rings. The van der Waals surface area contributed by atoms with Crippen LogP contribution in [0.3, 0.4) is 0 Å². The van der Waals surface area contributed by atoms with E-state index in [9.17, 15) is 4.79 Å². The van der Waals surface area contributed by atoms with Crippen LogP contribution in [0.4, 0.5) is 0 Å². The summed E-state index contributed by atoms with van der Waals surface area (Å²) in [5.74, 6) is 1.42. The Morgan fingerprint density at radius 3 is 2.69 bits per heavy atom. The minimum absolute atomic E-state index is 0.0837. The third-order valence-electron chi connectivity index (χ3n) is 4.13. The molecule has 2 bridgehead atoms. The molecule has 0 aromatic carbocycles. The predicted molar refractivity (Wildman–Crippen MR) is 63.8 cm³/mol. The van der Waals surface area contributed by atoms with Gasteiger partial charge in [0.25, 0.3) is 0 Å². The quantitative estimate of drug-likeness (QED) is 0.581. The number of likely N-dealkylation sites (N-methyl/N-ethyl adjacent to an activating group) is 1. The first-order valence-electron chi connectivity index (χ1n) is 6.48. The van der Waals surface area contributed by atoms with Crippen LogP contribution in [0.2, 0.25) is 0 Å². The van der Waals surface area contributed by atoms with Crippen LogP contribution < -0.4 is 16.4 Å². The van der Waals surface area contributed by atoms with Crippen molar-refractivity contribution in [3.05, 3.63) is 0 Å². The van der Waals surface area contributed by atoms with E-state index in [4.69, 9.17) is 5.73 Å². The topological polar surface area (TPSA) is 67.1 Å². The molecule has 2 aliphatic carbocycles. The van der Waals surface area contributed by atoms with Crippen LogP contribution in [0.5, 0.6) is 0 Å². The molecule has 0 aromatic rings. The van der Waals surface area contributed by atoms with Gasteiger partial charge in [-0.25, -0.2) is 0 Å². The molecule has 1 amide bonds. The summed E-state index contributed by atoms with van der Waals surface area (Å²) in [5.41, 5.74) is 6.12. The molecule has 4 unspecified atom stereocenters. The smallest absolute Gasteiger partial charge is 0.225 e. The third kappa shape index (κ3) is 2.23. The summed E-state index contributed by atoms with van der Waals surface area (Å²) < 4.78 is 0. The van der Waals surface area contributed by atoms with Crippen molar-refractivity contribution in [3.8, 4) is 0 Å². The summed E-state index contributed by atoms with van der Waals surface area (Å²) in [6.07, 6.45) is 3.60. The molecule has 0 radical (unpaired) electrons. The van der Waals surface area contributed by atoms with Gasteiger partial charge in [0, 0.05) is 19.1 Å². The molecule has 4 heteroatoms. The van der Waals surface area contributed by atoms with Gasteiger partial charge in [0.05, 0.1) is 5.92 Å². The predicted octanol–water partition coefficient (Wildman–Crippen LogP) is 0.0855. The largest absolute Gasteiger partial charge is 0.355 e. The zero-order valence-electron chi connectivity index (χ0n) is 10.0. The van der Waals surface area contributed by atoms with Crippen LogP contribution in [-0.2, 0) is 4.79 Å². The average molecular weight is 225 g/mol. The van der Waals surface area contributed by atoms with E-state index in [0.29, 0.717) is 18.4 Å². The van der Waals surface area contributed by atoms with Gasteiger partial charge in [-0.15, -0.1) is 0 Å². The second kappa shape index (κ2) is 5.15. The lowest BCUT2D eigenvalue weighted by Crippen LogP contribution is -2.46. The van der Waals surface area contributed by atoms with Crippen molar-refractivity contribution in [2.45, 2.75) is 32.2 Å². The monoisotopic (exact) mass is 225 g/mol. The molecule has 2 fully saturated rings. The Morgan fingerprint density at radius 2 is 2.06 bits per heavy atom. The Kier molecular flexibility index (Phi) is 3.82. The Balaban J connectivity index is 1.77. The van der Waals surface area contributed by atoms with E-state index >= 15 is 0 Å². The van der Waals surface area contributed by atoms with Crippen molar-refractivity contribution in [1.82, 2.24) is 10.6 Å². The van der Waals surface area contributed by atoms with Gasteiger partial charge in [0.2, 0.25) is 5.91 Å². The molecule has 16 heavy (non-hydrogen) atoms. The van der Waals surface area contributed by atoms with E-state index in [1.807, 2.05) is 0 Å². The Morgan fingerprint density at radius 1 is 1.31 bits per heavy atom. The normalized spacial score (nSPS) is 36.6. The van der Waals surface area contributed by atoms with Crippen LogP contribution in [0, 0.1) is 17.8 Å². The van der Waals surface area contributed by atoms with Gasteiger partial charge >= 0.3 is 0 Å². The van der Waals surface area contributed by atoms with Crippen molar-refractivity contribution < 1.29 is 4.79 Å². The SMILES string of the molecule is CCNCCNC(=O)C1C2CCC(C2)C1N. The highest BCUT2D eigenvalue weighted by Crippen LogP contribution is 2.47. The van der Waals surface area contributed by atoms with Gasteiger partial charge in [-0.05, 0) is 37.6 Å². The number of hydrogen-bond acceptors (Lipinski definition) is 3. The summed E-state index contributed by atoms with van der Waals surface area (Å²) in [7, 11) is 0. The highest BCUT2D eigenvalue weighted by atomic mass is 16.1. The molecule has 4 nitrogen and oxygen atoms in total. The minimum atomic E-state index is 0.0837. The van der Waals surface area contributed by atoms with Gasteiger partial charge < -0.3 is 16.4 Å². The molecular formula is C12H23N3O. The van der Waals surface area contributed by atoms with Crippen molar-refractivity contribution in [2.75, 3.05) is 19.6 Å². The Labute approximate surface area is 97.3 Å². The Hall–Kier alpha value is -0.610. The van der Waals surface area contributed by atoms with Gasteiger partial charge in [-0.2, -0.15) is 0 Å². The molecule has 2 rings (SSSR count). The highest BCUT2D eigenvalue weighted by Gasteiger charge is 2.48. The molecular weight excluding hydrogens is 202 g/mol. The van der Waals surface area contributed by atoms with Crippen molar-refractivity contribution in [1.29, 1.82) is 0 Å². The van der Waals surface area contributed by atoms with E-state index in [1.165, 1.54) is 19.3 Å². The summed E-state index contributed by atoms with van der Waals surface area (Å²) in [6.45, 7) is 4.57. The lowest BCUT2D eigenvalue weighted by molar-refractivity contribution is -0.126. The fourth-order valence-corrected chi connectivity index (χ4v) is 3.29. The van der Waals surface area contributed by atoms with Crippen LogP contribution in [0.1, 0.15) is 26.2 Å². The number of amides is 1. The van der Waals surface area contributed by atoms with E-state index in [-0.39, 0.29) is 17.9 Å². The number of carbonyl (C=O) groups is 1. The summed E-state index contributed by atoms with van der Waals surface area (Å²) >= 11 is 0. The molecule has 92 valence electrons. The van der Waals surface area contributed by atoms with Gasteiger partial charge in [0.1, 0.15) is 0 Å². The van der Waals surface area contributed by atoms with Crippen LogP contribution >= 0.6 is 0 Å². The van der Waals surface area contributed by atoms with E-state index < -0.39 is 0 Å². The molecule has 0 saturated heterocycles.